The van der Waals surface area contributed by atoms with Crippen LogP contribution in [0.1, 0.15) is 19.3 Å². The number of nitrogens with one attached hydrogen (secondary N) is 2. The molecule has 0 aliphatic carbocycles. The van der Waals surface area contributed by atoms with Crippen LogP contribution in [0.2, 0.25) is 0 Å². The Morgan fingerprint density at radius 2 is 2.23 bits per heavy atom. The van der Waals surface area contributed by atoms with Crippen LogP contribution in [0.5, 0.6) is 0 Å². The molecule has 0 aromatic carbocycles. The zero-order valence-electron chi connectivity index (χ0n) is 7.88. The molecule has 0 spiro atoms. The molecule has 0 aliphatic heterocycles. The summed E-state index contributed by atoms with van der Waals surface area (Å²) in [5, 5.41) is 9.58. The van der Waals surface area contributed by atoms with Crippen molar-refractivity contribution in [1.82, 2.24) is 5.32 Å². The van der Waals surface area contributed by atoms with Gasteiger partial charge < -0.3 is 16.8 Å². The smallest absolute Gasteiger partial charge is 0.185 e. The maximum Gasteiger partial charge on any atom is 0.185 e. The first kappa shape index (κ1) is 12.2. The maximum absolute atomic E-state index is 6.88. The summed E-state index contributed by atoms with van der Waals surface area (Å²) >= 11 is 0. The molecule has 6 heteroatoms. The highest BCUT2D eigenvalue weighted by Gasteiger charge is 2.01. The summed E-state index contributed by atoms with van der Waals surface area (Å²) in [6, 6.07) is 0. The fraction of sp³-hybridized carbons (Fsp3) is 0.857. The van der Waals surface area contributed by atoms with Crippen molar-refractivity contribution in [2.75, 3.05) is 13.7 Å². The van der Waals surface area contributed by atoms with Crippen molar-refractivity contribution in [3.63, 3.8) is 0 Å². The summed E-state index contributed by atoms with van der Waals surface area (Å²) in [6.07, 6.45) is 2.17. The predicted molar refractivity (Wildman–Crippen MR) is 49.8 cm³/mol. The van der Waals surface area contributed by atoms with Gasteiger partial charge in [0, 0.05) is 6.54 Å². The van der Waals surface area contributed by atoms with Crippen molar-refractivity contribution in [2.24, 2.45) is 11.5 Å². The van der Waals surface area contributed by atoms with E-state index in [0.29, 0.717) is 6.54 Å². The van der Waals surface area contributed by atoms with Crippen LogP contribution in [-0.2, 0) is 9.78 Å². The molecule has 6 nitrogen and oxygen atoms in total. The Kier molecular flexibility index (Phi) is 7.27. The van der Waals surface area contributed by atoms with E-state index in [9.17, 15) is 0 Å². The van der Waals surface area contributed by atoms with E-state index in [1.165, 1.54) is 7.11 Å². The molecule has 1 atom stereocenters. The third-order valence-corrected chi connectivity index (χ3v) is 1.45. The van der Waals surface area contributed by atoms with E-state index in [4.69, 9.17) is 16.9 Å². The van der Waals surface area contributed by atoms with Crippen molar-refractivity contribution in [3.8, 4) is 0 Å². The molecular formula is C7H18N4O2. The Labute approximate surface area is 78.0 Å². The van der Waals surface area contributed by atoms with Gasteiger partial charge in [-0.2, -0.15) is 0 Å². The topological polar surface area (TPSA) is 106 Å². The molecule has 0 rings (SSSR count). The Morgan fingerprint density at radius 3 is 2.77 bits per heavy atom. The molecule has 0 saturated heterocycles. The van der Waals surface area contributed by atoms with E-state index in [2.05, 4.69) is 15.1 Å². The molecule has 0 aliphatic rings. The lowest BCUT2D eigenvalue weighted by Crippen LogP contribution is -2.31. The SMILES string of the molecule is COOC(N)CCCCNC(=N)N. The molecule has 0 fully saturated rings. The molecule has 78 valence electrons. The van der Waals surface area contributed by atoms with Gasteiger partial charge in [-0.05, 0) is 19.3 Å². The minimum absolute atomic E-state index is 0.00237. The standard InChI is InChI=1S/C7H18N4O2/c1-12-13-6(8)4-2-3-5-11-7(9)10/h6H,2-5,8H2,1H3,(H4,9,10,11). The molecule has 0 aromatic heterocycles. The van der Waals surface area contributed by atoms with Gasteiger partial charge >= 0.3 is 0 Å². The first-order valence-electron chi connectivity index (χ1n) is 4.19. The summed E-state index contributed by atoms with van der Waals surface area (Å²) in [5.74, 6) is -0.00237. The normalized spacial score (nSPS) is 12.5. The van der Waals surface area contributed by atoms with Gasteiger partial charge in [0.05, 0.1) is 7.11 Å². The van der Waals surface area contributed by atoms with Gasteiger partial charge in [-0.1, -0.05) is 0 Å². The van der Waals surface area contributed by atoms with Crippen LogP contribution in [0.3, 0.4) is 0 Å². The zero-order valence-corrected chi connectivity index (χ0v) is 7.88. The van der Waals surface area contributed by atoms with Crippen LogP contribution in [0.25, 0.3) is 0 Å². The highest BCUT2D eigenvalue weighted by atomic mass is 17.2. The number of rotatable bonds is 7. The van der Waals surface area contributed by atoms with Gasteiger partial charge in [0.1, 0.15) is 6.23 Å². The quantitative estimate of drug-likeness (QED) is 0.108. The van der Waals surface area contributed by atoms with Crippen molar-refractivity contribution in [1.29, 1.82) is 5.41 Å². The minimum Gasteiger partial charge on any atom is -0.370 e. The van der Waals surface area contributed by atoms with Crippen LogP contribution < -0.4 is 16.8 Å². The summed E-state index contributed by atoms with van der Waals surface area (Å²) in [4.78, 5) is 9.06. The molecule has 0 radical (unpaired) electrons. The second-order valence-corrected chi connectivity index (χ2v) is 2.64. The number of unbranched alkanes of at least 4 members (excludes halogenated alkanes) is 1. The van der Waals surface area contributed by atoms with Gasteiger partial charge in [-0.15, -0.1) is 0 Å². The molecule has 0 aromatic rings. The first-order valence-corrected chi connectivity index (χ1v) is 4.19. The molecule has 13 heavy (non-hydrogen) atoms. The molecule has 1 unspecified atom stereocenters. The number of hydrogen-bond acceptors (Lipinski definition) is 4. The largest absolute Gasteiger partial charge is 0.370 e. The monoisotopic (exact) mass is 190 g/mol. The summed E-state index contributed by atoms with van der Waals surface area (Å²) < 4.78 is 0. The summed E-state index contributed by atoms with van der Waals surface area (Å²) in [5.41, 5.74) is 10.6. The lowest BCUT2D eigenvalue weighted by molar-refractivity contribution is -0.304. The van der Waals surface area contributed by atoms with Crippen LogP contribution in [-0.4, -0.2) is 25.8 Å². The number of nitrogens with two attached hydrogens (primary N) is 2. The first-order chi connectivity index (χ1) is 6.16. The molecule has 0 saturated carbocycles. The van der Waals surface area contributed by atoms with Gasteiger partial charge in [-0.25, -0.2) is 9.78 Å². The van der Waals surface area contributed by atoms with Crippen LogP contribution in [0, 0.1) is 5.41 Å². The Balaban J connectivity index is 3.11. The third-order valence-electron chi connectivity index (χ3n) is 1.45. The van der Waals surface area contributed by atoms with Gasteiger partial charge in [0.25, 0.3) is 0 Å². The maximum atomic E-state index is 6.88. The van der Waals surface area contributed by atoms with E-state index >= 15 is 0 Å². The number of guanidine groups is 1. The van der Waals surface area contributed by atoms with E-state index < -0.39 is 0 Å². The fourth-order valence-corrected chi connectivity index (χ4v) is 0.865. The second-order valence-electron chi connectivity index (χ2n) is 2.64. The van der Waals surface area contributed by atoms with Gasteiger partial charge in [-0.3, -0.25) is 5.41 Å². The van der Waals surface area contributed by atoms with E-state index in [-0.39, 0.29) is 12.2 Å². The average molecular weight is 190 g/mol. The van der Waals surface area contributed by atoms with E-state index in [1.54, 1.807) is 0 Å². The third kappa shape index (κ3) is 9.06. The van der Waals surface area contributed by atoms with Crippen molar-refractivity contribution >= 4 is 5.96 Å². The fourth-order valence-electron chi connectivity index (χ4n) is 0.865. The van der Waals surface area contributed by atoms with Crippen LogP contribution >= 0.6 is 0 Å². The molecule has 0 heterocycles. The van der Waals surface area contributed by atoms with Gasteiger partial charge in [0.2, 0.25) is 0 Å². The van der Waals surface area contributed by atoms with Crippen LogP contribution in [0.4, 0.5) is 0 Å². The summed E-state index contributed by atoms with van der Waals surface area (Å²) in [7, 11) is 1.43. The van der Waals surface area contributed by atoms with Crippen LogP contribution in [0.15, 0.2) is 0 Å². The van der Waals surface area contributed by atoms with Gasteiger partial charge in [0.15, 0.2) is 5.96 Å². The minimum atomic E-state index is -0.373. The lowest BCUT2D eigenvalue weighted by Gasteiger charge is -2.09. The number of hydrogen-bond donors (Lipinski definition) is 4. The highest BCUT2D eigenvalue weighted by molar-refractivity contribution is 5.74. The molecule has 0 bridgehead atoms. The Bertz CT molecular complexity index is 142. The van der Waals surface area contributed by atoms with E-state index in [0.717, 1.165) is 19.3 Å². The second kappa shape index (κ2) is 7.78. The van der Waals surface area contributed by atoms with Crippen molar-refractivity contribution < 1.29 is 9.78 Å². The summed E-state index contributed by atoms with van der Waals surface area (Å²) in [6.45, 7) is 0.690. The predicted octanol–water partition coefficient (Wildman–Crippen LogP) is -0.497. The Hall–Kier alpha value is -0.850. The average Bonchev–Trinajstić information content (AvgIpc) is 2.03. The zero-order chi connectivity index (χ0) is 10.1. The van der Waals surface area contributed by atoms with Crippen molar-refractivity contribution in [3.05, 3.63) is 0 Å². The van der Waals surface area contributed by atoms with E-state index in [1.807, 2.05) is 0 Å². The molecular weight excluding hydrogens is 172 g/mol. The van der Waals surface area contributed by atoms with Crippen molar-refractivity contribution in [2.45, 2.75) is 25.5 Å². The Morgan fingerprint density at radius 1 is 1.54 bits per heavy atom. The molecule has 0 amide bonds. The lowest BCUT2D eigenvalue weighted by atomic mass is 10.2. The molecule has 6 N–H and O–H groups in total. The highest BCUT2D eigenvalue weighted by Crippen LogP contribution is 1.99.